The van der Waals surface area contributed by atoms with Crippen LogP contribution in [0.3, 0.4) is 0 Å². The monoisotopic (exact) mass is 316 g/mol. The summed E-state index contributed by atoms with van der Waals surface area (Å²) >= 11 is 0. The maximum atomic E-state index is 14.1. The second-order valence-electron chi connectivity index (χ2n) is 5.51. The molecule has 0 aromatic heterocycles. The average Bonchev–Trinajstić information content (AvgIpc) is 2.81. The SMILES string of the molecule is CCNCc1ccc(S(=O)(=O)NC2(C)CCOC2)c(F)c1. The summed E-state index contributed by atoms with van der Waals surface area (Å²) in [5.41, 5.74) is 0.0389. The van der Waals surface area contributed by atoms with Gasteiger partial charge < -0.3 is 10.1 Å². The molecule has 1 heterocycles. The number of hydrogen-bond donors (Lipinski definition) is 2. The summed E-state index contributed by atoms with van der Waals surface area (Å²) in [6, 6.07) is 4.18. The van der Waals surface area contributed by atoms with Gasteiger partial charge in [-0.15, -0.1) is 0 Å². The molecular formula is C14H21FN2O3S. The minimum Gasteiger partial charge on any atom is -0.379 e. The summed E-state index contributed by atoms with van der Waals surface area (Å²) in [6.07, 6.45) is 0.576. The quantitative estimate of drug-likeness (QED) is 0.832. The van der Waals surface area contributed by atoms with E-state index in [2.05, 4.69) is 10.0 Å². The summed E-state index contributed by atoms with van der Waals surface area (Å²) in [5, 5.41) is 3.07. The topological polar surface area (TPSA) is 67.4 Å². The molecule has 5 nitrogen and oxygen atoms in total. The Labute approximate surface area is 124 Å². The number of nitrogens with one attached hydrogen (secondary N) is 2. The van der Waals surface area contributed by atoms with Crippen LogP contribution in [-0.2, 0) is 21.3 Å². The number of halogens is 1. The standard InChI is InChI=1S/C14H21FN2O3S/c1-3-16-9-11-4-5-13(12(15)8-11)21(18,19)17-14(2)6-7-20-10-14/h4-5,8,16-17H,3,6-7,9-10H2,1-2H3. The molecule has 0 amide bonds. The molecule has 0 radical (unpaired) electrons. The van der Waals surface area contributed by atoms with Gasteiger partial charge in [-0.2, -0.15) is 0 Å². The Morgan fingerprint density at radius 2 is 2.19 bits per heavy atom. The highest BCUT2D eigenvalue weighted by molar-refractivity contribution is 7.89. The van der Waals surface area contributed by atoms with E-state index < -0.39 is 21.4 Å². The van der Waals surface area contributed by atoms with Gasteiger partial charge in [-0.25, -0.2) is 17.5 Å². The van der Waals surface area contributed by atoms with Crippen molar-refractivity contribution in [3.63, 3.8) is 0 Å². The second-order valence-corrected chi connectivity index (χ2v) is 7.16. The molecule has 0 saturated carbocycles. The van der Waals surface area contributed by atoms with E-state index in [9.17, 15) is 12.8 Å². The van der Waals surface area contributed by atoms with Gasteiger partial charge in [0.2, 0.25) is 10.0 Å². The third kappa shape index (κ3) is 4.00. The minimum absolute atomic E-state index is 0.298. The molecule has 1 aromatic rings. The van der Waals surface area contributed by atoms with Crippen LogP contribution in [0.5, 0.6) is 0 Å². The average molecular weight is 316 g/mol. The maximum absolute atomic E-state index is 14.1. The van der Waals surface area contributed by atoms with Crippen LogP contribution in [0.25, 0.3) is 0 Å². The lowest BCUT2D eigenvalue weighted by Gasteiger charge is -2.23. The first kappa shape index (κ1) is 16.4. The van der Waals surface area contributed by atoms with Crippen molar-refractivity contribution in [3.05, 3.63) is 29.6 Å². The predicted molar refractivity (Wildman–Crippen MR) is 77.9 cm³/mol. The van der Waals surface area contributed by atoms with Crippen LogP contribution in [0.1, 0.15) is 25.8 Å². The Bertz CT molecular complexity index is 598. The molecule has 1 unspecified atom stereocenters. The van der Waals surface area contributed by atoms with Crippen molar-refractivity contribution in [3.8, 4) is 0 Å². The van der Waals surface area contributed by atoms with Crippen LogP contribution in [0, 0.1) is 5.82 Å². The Balaban J connectivity index is 2.20. The lowest BCUT2D eigenvalue weighted by atomic mass is 10.0. The number of benzene rings is 1. The fraction of sp³-hybridized carbons (Fsp3) is 0.571. The number of ether oxygens (including phenoxy) is 1. The van der Waals surface area contributed by atoms with E-state index in [0.717, 1.165) is 6.54 Å². The zero-order valence-electron chi connectivity index (χ0n) is 12.3. The lowest BCUT2D eigenvalue weighted by Crippen LogP contribution is -2.46. The molecule has 1 aromatic carbocycles. The Morgan fingerprint density at radius 3 is 2.76 bits per heavy atom. The van der Waals surface area contributed by atoms with Gasteiger partial charge in [-0.3, -0.25) is 0 Å². The Kier molecular flexibility index (Phi) is 4.98. The van der Waals surface area contributed by atoms with Crippen molar-refractivity contribution in [1.29, 1.82) is 0 Å². The van der Waals surface area contributed by atoms with E-state index in [-0.39, 0.29) is 4.90 Å². The van der Waals surface area contributed by atoms with Gasteiger partial charge in [-0.1, -0.05) is 13.0 Å². The Hall–Kier alpha value is -1.02. The summed E-state index contributed by atoms with van der Waals surface area (Å²) < 4.78 is 46.5. The molecule has 7 heteroatoms. The van der Waals surface area contributed by atoms with E-state index in [1.54, 1.807) is 13.0 Å². The molecule has 2 rings (SSSR count). The van der Waals surface area contributed by atoms with E-state index in [0.29, 0.717) is 31.7 Å². The van der Waals surface area contributed by atoms with Crippen molar-refractivity contribution >= 4 is 10.0 Å². The fourth-order valence-corrected chi connectivity index (χ4v) is 3.75. The van der Waals surface area contributed by atoms with Crippen LogP contribution in [0.15, 0.2) is 23.1 Å². The van der Waals surface area contributed by atoms with E-state index in [1.165, 1.54) is 12.1 Å². The van der Waals surface area contributed by atoms with Crippen molar-refractivity contribution in [2.45, 2.75) is 37.2 Å². The van der Waals surface area contributed by atoms with Crippen LogP contribution in [-0.4, -0.2) is 33.7 Å². The normalized spacial score (nSPS) is 22.6. The van der Waals surface area contributed by atoms with Gasteiger partial charge in [0.25, 0.3) is 0 Å². The van der Waals surface area contributed by atoms with Gasteiger partial charge in [0.05, 0.1) is 12.1 Å². The van der Waals surface area contributed by atoms with Gasteiger partial charge in [0.15, 0.2) is 0 Å². The number of hydrogen-bond acceptors (Lipinski definition) is 4. The molecule has 0 aliphatic carbocycles. The smallest absolute Gasteiger partial charge is 0.244 e. The first-order chi connectivity index (χ1) is 9.86. The van der Waals surface area contributed by atoms with E-state index >= 15 is 0 Å². The number of sulfonamides is 1. The van der Waals surface area contributed by atoms with Crippen LogP contribution in [0.4, 0.5) is 4.39 Å². The molecule has 0 bridgehead atoms. The first-order valence-corrected chi connectivity index (χ1v) is 8.45. The molecule has 0 spiro atoms. The van der Waals surface area contributed by atoms with Gasteiger partial charge in [-0.05, 0) is 37.6 Å². The molecule has 1 saturated heterocycles. The first-order valence-electron chi connectivity index (χ1n) is 6.97. The van der Waals surface area contributed by atoms with E-state index in [4.69, 9.17) is 4.74 Å². The summed E-state index contributed by atoms with van der Waals surface area (Å²) in [4.78, 5) is -0.323. The third-order valence-corrected chi connectivity index (χ3v) is 5.14. The largest absolute Gasteiger partial charge is 0.379 e. The maximum Gasteiger partial charge on any atom is 0.244 e. The second kappa shape index (κ2) is 6.39. The zero-order valence-corrected chi connectivity index (χ0v) is 13.1. The molecule has 118 valence electrons. The highest BCUT2D eigenvalue weighted by Gasteiger charge is 2.35. The van der Waals surface area contributed by atoms with Crippen molar-refractivity contribution in [1.82, 2.24) is 10.0 Å². The summed E-state index contributed by atoms with van der Waals surface area (Å²) in [7, 11) is -3.90. The molecule has 21 heavy (non-hydrogen) atoms. The fourth-order valence-electron chi connectivity index (χ4n) is 2.27. The van der Waals surface area contributed by atoms with Crippen LogP contribution < -0.4 is 10.0 Å². The van der Waals surface area contributed by atoms with Gasteiger partial charge in [0, 0.05) is 13.2 Å². The van der Waals surface area contributed by atoms with Crippen LogP contribution >= 0.6 is 0 Å². The molecular weight excluding hydrogens is 295 g/mol. The predicted octanol–water partition coefficient (Wildman–Crippen LogP) is 1.39. The van der Waals surface area contributed by atoms with E-state index in [1.807, 2.05) is 6.92 Å². The van der Waals surface area contributed by atoms with Crippen molar-refractivity contribution < 1.29 is 17.5 Å². The summed E-state index contributed by atoms with van der Waals surface area (Å²) in [6.45, 7) is 5.78. The molecule has 1 aliphatic rings. The van der Waals surface area contributed by atoms with Crippen molar-refractivity contribution in [2.75, 3.05) is 19.8 Å². The highest BCUT2D eigenvalue weighted by atomic mass is 32.2. The molecule has 1 fully saturated rings. The highest BCUT2D eigenvalue weighted by Crippen LogP contribution is 2.23. The lowest BCUT2D eigenvalue weighted by molar-refractivity contribution is 0.178. The third-order valence-electron chi connectivity index (χ3n) is 3.46. The molecule has 1 aliphatic heterocycles. The van der Waals surface area contributed by atoms with Crippen molar-refractivity contribution in [2.24, 2.45) is 0 Å². The minimum atomic E-state index is -3.90. The zero-order chi connectivity index (χ0) is 15.5. The van der Waals surface area contributed by atoms with Gasteiger partial charge in [0.1, 0.15) is 10.7 Å². The molecule has 1 atom stereocenters. The summed E-state index contributed by atoms with van der Waals surface area (Å²) in [5.74, 6) is -0.736. The number of rotatable bonds is 6. The van der Waals surface area contributed by atoms with Gasteiger partial charge >= 0.3 is 0 Å². The van der Waals surface area contributed by atoms with Crippen LogP contribution in [0.2, 0.25) is 0 Å². The molecule has 2 N–H and O–H groups in total. The Morgan fingerprint density at radius 1 is 1.43 bits per heavy atom.